The molecule has 9 heteroatoms. The molecule has 3 aromatic rings. The van der Waals surface area contributed by atoms with Crippen LogP contribution < -0.4 is 5.32 Å². The third-order valence-corrected chi connectivity index (χ3v) is 6.65. The second kappa shape index (κ2) is 8.68. The molecule has 0 aromatic carbocycles. The largest absolute Gasteiger partial charge is 0.355 e. The molecule has 6 nitrogen and oxygen atoms in total. The Bertz CT molecular complexity index is 860. The average Bonchev–Trinajstić information content (AvgIpc) is 3.19. The van der Waals surface area contributed by atoms with E-state index in [9.17, 15) is 4.79 Å². The predicted molar refractivity (Wildman–Crippen MR) is 103 cm³/mol. The van der Waals surface area contributed by atoms with E-state index in [-0.39, 0.29) is 5.91 Å². The van der Waals surface area contributed by atoms with E-state index in [4.69, 9.17) is 0 Å². The fourth-order valence-electron chi connectivity index (χ4n) is 2.22. The molecule has 0 spiro atoms. The molecule has 3 heterocycles. The fourth-order valence-corrected chi connectivity index (χ4v) is 5.16. The van der Waals surface area contributed by atoms with Gasteiger partial charge in [0, 0.05) is 18.5 Å². The third-order valence-electron chi connectivity index (χ3n) is 3.45. The summed E-state index contributed by atoms with van der Waals surface area (Å²) in [5.74, 6) is 1.21. The summed E-state index contributed by atoms with van der Waals surface area (Å²) in [6, 6.07) is 6.00. The first kappa shape index (κ1) is 18.2. The molecule has 0 aliphatic carbocycles. The van der Waals surface area contributed by atoms with Gasteiger partial charge in [-0.3, -0.25) is 4.79 Å². The molecule has 0 radical (unpaired) electrons. The highest BCUT2D eigenvalue weighted by Gasteiger charge is 2.12. The van der Waals surface area contributed by atoms with Crippen LogP contribution >= 0.6 is 34.9 Å². The lowest BCUT2D eigenvalue weighted by Gasteiger charge is -2.01. The van der Waals surface area contributed by atoms with E-state index >= 15 is 0 Å². The SMILES string of the molecule is CCCNC(=O)CSc1nnc(SCc2c(C)nc3ccccn23)s1. The summed E-state index contributed by atoms with van der Waals surface area (Å²) in [5.41, 5.74) is 3.16. The smallest absolute Gasteiger partial charge is 0.230 e. The number of hydrogen-bond donors (Lipinski definition) is 1. The molecule has 0 atom stereocenters. The van der Waals surface area contributed by atoms with Gasteiger partial charge in [0.05, 0.1) is 17.1 Å². The van der Waals surface area contributed by atoms with Gasteiger partial charge in [0.1, 0.15) is 5.65 Å². The Labute approximate surface area is 158 Å². The van der Waals surface area contributed by atoms with Crippen molar-refractivity contribution >= 4 is 46.4 Å². The number of nitrogens with zero attached hydrogens (tertiary/aromatic N) is 4. The summed E-state index contributed by atoms with van der Waals surface area (Å²) in [6.07, 6.45) is 2.97. The van der Waals surface area contributed by atoms with E-state index in [0.717, 1.165) is 38.7 Å². The summed E-state index contributed by atoms with van der Waals surface area (Å²) in [7, 11) is 0. The number of thioether (sulfide) groups is 2. The van der Waals surface area contributed by atoms with Crippen LogP contribution in [0.5, 0.6) is 0 Å². The van der Waals surface area contributed by atoms with Crippen LogP contribution in [0, 0.1) is 6.92 Å². The van der Waals surface area contributed by atoms with Gasteiger partial charge in [0.2, 0.25) is 5.91 Å². The molecule has 3 rings (SSSR count). The number of carbonyl (C=O) groups is 1. The topological polar surface area (TPSA) is 72.2 Å². The number of fused-ring (bicyclic) bond motifs is 1. The van der Waals surface area contributed by atoms with Crippen LogP contribution in [0.2, 0.25) is 0 Å². The van der Waals surface area contributed by atoms with Crippen molar-refractivity contribution in [1.82, 2.24) is 24.9 Å². The van der Waals surface area contributed by atoms with Crippen molar-refractivity contribution in [3.8, 4) is 0 Å². The molecule has 0 saturated heterocycles. The number of hydrogen-bond acceptors (Lipinski definition) is 7. The van der Waals surface area contributed by atoms with Gasteiger partial charge in [-0.15, -0.1) is 10.2 Å². The molecule has 0 saturated carbocycles. The van der Waals surface area contributed by atoms with E-state index in [1.165, 1.54) is 28.8 Å². The Morgan fingerprint density at radius 2 is 2.08 bits per heavy atom. The molecule has 25 heavy (non-hydrogen) atoms. The van der Waals surface area contributed by atoms with Gasteiger partial charge in [0.15, 0.2) is 8.68 Å². The Morgan fingerprint density at radius 3 is 2.88 bits per heavy atom. The first-order chi connectivity index (χ1) is 12.2. The summed E-state index contributed by atoms with van der Waals surface area (Å²) in [6.45, 7) is 4.78. The number of amides is 1. The zero-order valence-electron chi connectivity index (χ0n) is 14.1. The van der Waals surface area contributed by atoms with E-state index in [1.807, 2.05) is 38.2 Å². The zero-order chi connectivity index (χ0) is 17.6. The maximum atomic E-state index is 11.6. The fraction of sp³-hybridized carbons (Fsp3) is 0.375. The van der Waals surface area contributed by atoms with Crippen molar-refractivity contribution in [3.63, 3.8) is 0 Å². The Balaban J connectivity index is 1.56. The Hall–Kier alpha value is -1.58. The zero-order valence-corrected chi connectivity index (χ0v) is 16.5. The summed E-state index contributed by atoms with van der Waals surface area (Å²) >= 11 is 4.60. The van der Waals surface area contributed by atoms with Crippen LogP contribution in [0.3, 0.4) is 0 Å². The van der Waals surface area contributed by atoms with E-state index in [2.05, 4.69) is 24.9 Å². The molecule has 1 N–H and O–H groups in total. The van der Waals surface area contributed by atoms with Gasteiger partial charge in [-0.2, -0.15) is 0 Å². The normalized spacial score (nSPS) is 11.1. The highest BCUT2D eigenvalue weighted by molar-refractivity contribution is 8.03. The highest BCUT2D eigenvalue weighted by Crippen LogP contribution is 2.31. The lowest BCUT2D eigenvalue weighted by atomic mass is 10.4. The molecule has 0 unspecified atom stereocenters. The molecule has 0 fully saturated rings. The number of rotatable bonds is 8. The predicted octanol–water partition coefficient (Wildman–Crippen LogP) is 3.40. The summed E-state index contributed by atoms with van der Waals surface area (Å²) < 4.78 is 3.84. The van der Waals surface area contributed by atoms with Gasteiger partial charge in [-0.1, -0.05) is 47.9 Å². The minimum Gasteiger partial charge on any atom is -0.355 e. The van der Waals surface area contributed by atoms with Crippen molar-refractivity contribution in [2.75, 3.05) is 12.3 Å². The maximum absolute atomic E-state index is 11.6. The number of imidazole rings is 1. The van der Waals surface area contributed by atoms with Gasteiger partial charge in [-0.25, -0.2) is 4.98 Å². The monoisotopic (exact) mass is 393 g/mol. The standard InChI is InChI=1S/C16H19N5OS3/c1-3-7-17-14(22)10-24-16-20-19-15(25-16)23-9-12-11(2)18-13-6-4-5-8-21(12)13/h4-6,8H,3,7,9-10H2,1-2H3,(H,17,22). The van der Waals surface area contributed by atoms with E-state index in [1.54, 1.807) is 11.8 Å². The molecule has 1 amide bonds. The van der Waals surface area contributed by atoms with Gasteiger partial charge < -0.3 is 9.72 Å². The number of carbonyl (C=O) groups excluding carboxylic acids is 1. The van der Waals surface area contributed by atoms with Crippen LogP contribution in [0.1, 0.15) is 24.7 Å². The quantitative estimate of drug-likeness (QED) is 0.591. The lowest BCUT2D eigenvalue weighted by Crippen LogP contribution is -2.25. The average molecular weight is 394 g/mol. The molecule has 0 aliphatic heterocycles. The van der Waals surface area contributed by atoms with E-state index in [0.29, 0.717) is 5.75 Å². The van der Waals surface area contributed by atoms with Crippen molar-refractivity contribution in [3.05, 3.63) is 35.8 Å². The number of pyridine rings is 1. The van der Waals surface area contributed by atoms with Gasteiger partial charge in [0.25, 0.3) is 0 Å². The second-order valence-electron chi connectivity index (χ2n) is 5.33. The van der Waals surface area contributed by atoms with Crippen molar-refractivity contribution in [2.45, 2.75) is 34.7 Å². The molecule has 132 valence electrons. The Kier molecular flexibility index (Phi) is 6.33. The van der Waals surface area contributed by atoms with Crippen LogP contribution in [-0.4, -0.2) is 37.8 Å². The first-order valence-corrected chi connectivity index (χ1v) is 10.7. The van der Waals surface area contributed by atoms with E-state index < -0.39 is 0 Å². The minimum absolute atomic E-state index is 0.0395. The summed E-state index contributed by atoms with van der Waals surface area (Å²) in [5, 5.41) is 11.2. The van der Waals surface area contributed by atoms with Crippen molar-refractivity contribution in [2.24, 2.45) is 0 Å². The van der Waals surface area contributed by atoms with Crippen molar-refractivity contribution < 1.29 is 4.79 Å². The maximum Gasteiger partial charge on any atom is 0.230 e. The van der Waals surface area contributed by atoms with Gasteiger partial charge >= 0.3 is 0 Å². The van der Waals surface area contributed by atoms with Gasteiger partial charge in [-0.05, 0) is 25.5 Å². The molecule has 0 aliphatic rings. The third kappa shape index (κ3) is 4.74. The number of nitrogens with one attached hydrogen (secondary N) is 1. The van der Waals surface area contributed by atoms with Crippen molar-refractivity contribution in [1.29, 1.82) is 0 Å². The number of aryl methyl sites for hydroxylation is 1. The molecule has 0 bridgehead atoms. The van der Waals surface area contributed by atoms with Crippen LogP contribution in [0.15, 0.2) is 33.1 Å². The molecular formula is C16H19N5OS3. The number of aromatic nitrogens is 4. The lowest BCUT2D eigenvalue weighted by molar-refractivity contribution is -0.118. The minimum atomic E-state index is 0.0395. The summed E-state index contributed by atoms with van der Waals surface area (Å²) in [4.78, 5) is 16.2. The first-order valence-electron chi connectivity index (χ1n) is 7.95. The van der Waals surface area contributed by atoms with Crippen LogP contribution in [0.4, 0.5) is 0 Å². The molecular weight excluding hydrogens is 374 g/mol. The highest BCUT2D eigenvalue weighted by atomic mass is 32.2. The van der Waals surface area contributed by atoms with Crippen LogP contribution in [-0.2, 0) is 10.5 Å². The van der Waals surface area contributed by atoms with Crippen LogP contribution in [0.25, 0.3) is 5.65 Å². The Morgan fingerprint density at radius 1 is 1.28 bits per heavy atom. The second-order valence-corrected chi connectivity index (χ2v) is 8.76. The molecule has 3 aromatic heterocycles.